The van der Waals surface area contributed by atoms with E-state index in [2.05, 4.69) is 5.10 Å². The van der Waals surface area contributed by atoms with Crippen LogP contribution >= 0.6 is 0 Å². The summed E-state index contributed by atoms with van der Waals surface area (Å²) in [5.41, 5.74) is 6.83. The Morgan fingerprint density at radius 1 is 1.47 bits per heavy atom. The van der Waals surface area contributed by atoms with E-state index in [0.717, 1.165) is 18.5 Å². The third kappa shape index (κ3) is 2.00. The molecule has 1 aliphatic rings. The van der Waals surface area contributed by atoms with Gasteiger partial charge in [-0.3, -0.25) is 4.68 Å². The zero-order valence-corrected chi connectivity index (χ0v) is 9.44. The molecule has 0 aromatic carbocycles. The molecule has 4 heteroatoms. The van der Waals surface area contributed by atoms with Crippen LogP contribution in [0, 0.1) is 6.92 Å². The van der Waals surface area contributed by atoms with E-state index in [-0.39, 0.29) is 6.10 Å². The highest BCUT2D eigenvalue weighted by molar-refractivity contribution is 5.29. The number of nitrogens with two attached hydrogens (primary N) is 1. The fourth-order valence-electron chi connectivity index (χ4n) is 2.48. The van der Waals surface area contributed by atoms with Crippen molar-refractivity contribution < 1.29 is 4.74 Å². The maximum absolute atomic E-state index is 5.70. The maximum atomic E-state index is 5.70. The van der Waals surface area contributed by atoms with Crippen LogP contribution in [0.4, 0.5) is 5.82 Å². The van der Waals surface area contributed by atoms with Crippen LogP contribution in [0.15, 0.2) is 6.07 Å². The Hall–Kier alpha value is -1.03. The van der Waals surface area contributed by atoms with Crippen molar-refractivity contribution in [2.45, 2.75) is 44.8 Å². The second-order valence-corrected chi connectivity index (χ2v) is 4.28. The summed E-state index contributed by atoms with van der Waals surface area (Å²) < 4.78 is 7.55. The Kier molecular flexibility index (Phi) is 2.95. The number of nitrogen functional groups attached to an aromatic ring is 1. The fraction of sp³-hybridized carbons (Fsp3) is 0.727. The minimum absolute atomic E-state index is 0.289. The van der Waals surface area contributed by atoms with Crippen LogP contribution in [0.5, 0.6) is 0 Å². The van der Waals surface area contributed by atoms with Crippen LogP contribution in [-0.4, -0.2) is 23.0 Å². The Bertz CT molecular complexity index is 335. The zero-order chi connectivity index (χ0) is 10.8. The number of methoxy groups -OCH3 is 1. The molecule has 1 heterocycles. The Labute approximate surface area is 90.4 Å². The molecule has 1 saturated carbocycles. The number of aromatic nitrogens is 2. The van der Waals surface area contributed by atoms with Gasteiger partial charge in [-0.2, -0.15) is 5.10 Å². The van der Waals surface area contributed by atoms with Gasteiger partial charge in [-0.15, -0.1) is 0 Å². The molecule has 2 unspecified atom stereocenters. The first kappa shape index (κ1) is 10.5. The van der Waals surface area contributed by atoms with Crippen LogP contribution < -0.4 is 5.73 Å². The van der Waals surface area contributed by atoms with Gasteiger partial charge in [0, 0.05) is 18.9 Å². The molecule has 15 heavy (non-hydrogen) atoms. The van der Waals surface area contributed by atoms with Gasteiger partial charge < -0.3 is 10.5 Å². The molecule has 0 bridgehead atoms. The molecule has 1 aromatic heterocycles. The van der Waals surface area contributed by atoms with Crippen molar-refractivity contribution >= 4 is 5.82 Å². The van der Waals surface area contributed by atoms with E-state index < -0.39 is 0 Å². The summed E-state index contributed by atoms with van der Waals surface area (Å²) in [5.74, 6) is 0.605. The molecule has 84 valence electrons. The summed E-state index contributed by atoms with van der Waals surface area (Å²) in [5, 5.41) is 4.35. The lowest BCUT2D eigenvalue weighted by molar-refractivity contribution is 0.0239. The molecule has 4 nitrogen and oxygen atoms in total. The minimum Gasteiger partial charge on any atom is -0.382 e. The molecular formula is C11H19N3O. The van der Waals surface area contributed by atoms with Gasteiger partial charge in [0.05, 0.1) is 12.1 Å². The molecule has 0 radical (unpaired) electrons. The summed E-state index contributed by atoms with van der Waals surface area (Å²) >= 11 is 0. The third-order valence-electron chi connectivity index (χ3n) is 3.23. The Balaban J connectivity index is 2.23. The van der Waals surface area contributed by atoms with Gasteiger partial charge >= 0.3 is 0 Å². The number of rotatable bonds is 2. The first-order valence-electron chi connectivity index (χ1n) is 5.57. The van der Waals surface area contributed by atoms with E-state index >= 15 is 0 Å². The molecule has 2 rings (SSSR count). The quantitative estimate of drug-likeness (QED) is 0.809. The molecule has 0 amide bonds. The number of ether oxygens (including phenoxy) is 1. The first-order valence-corrected chi connectivity index (χ1v) is 5.57. The Morgan fingerprint density at radius 3 is 2.80 bits per heavy atom. The number of anilines is 1. The second-order valence-electron chi connectivity index (χ2n) is 4.28. The van der Waals surface area contributed by atoms with E-state index in [1.165, 1.54) is 12.8 Å². The largest absolute Gasteiger partial charge is 0.382 e. The normalized spacial score (nSPS) is 26.8. The van der Waals surface area contributed by atoms with Crippen LogP contribution in [0.3, 0.4) is 0 Å². The summed E-state index contributed by atoms with van der Waals surface area (Å²) in [6.45, 7) is 2.05. The van der Waals surface area contributed by atoms with E-state index in [4.69, 9.17) is 10.5 Å². The number of hydrogen-bond donors (Lipinski definition) is 1. The average molecular weight is 209 g/mol. The maximum Gasteiger partial charge on any atom is 0.145 e. The molecule has 1 aliphatic carbocycles. The molecule has 2 atom stereocenters. The van der Waals surface area contributed by atoms with E-state index in [9.17, 15) is 0 Å². The van der Waals surface area contributed by atoms with Gasteiger partial charge in [-0.05, 0) is 19.8 Å². The monoisotopic (exact) mass is 209 g/mol. The summed E-state index contributed by atoms with van der Waals surface area (Å²) in [4.78, 5) is 0. The van der Waals surface area contributed by atoms with Crippen LogP contribution in [0.25, 0.3) is 0 Å². The molecular weight excluding hydrogens is 190 g/mol. The number of aryl methyl sites for hydroxylation is 1. The van der Waals surface area contributed by atoms with Crippen molar-refractivity contribution in [1.82, 2.24) is 9.78 Å². The highest BCUT2D eigenvalue weighted by Crippen LogP contribution is 2.31. The Morgan fingerprint density at radius 2 is 2.20 bits per heavy atom. The lowest BCUT2D eigenvalue weighted by Gasteiger charge is -2.31. The smallest absolute Gasteiger partial charge is 0.145 e. The molecule has 0 aliphatic heterocycles. The molecule has 2 N–H and O–H groups in total. The van der Waals surface area contributed by atoms with E-state index in [1.807, 2.05) is 17.7 Å². The number of nitrogens with zero attached hydrogens (tertiary/aromatic N) is 2. The standard InChI is InChI=1S/C11H19N3O/c1-8-7-11(12)13-14(8)9-5-3-4-6-10(9)15-2/h7,9-10H,3-6H2,1-2H3,(H2,12,13). The van der Waals surface area contributed by atoms with Crippen molar-refractivity contribution in [2.24, 2.45) is 0 Å². The zero-order valence-electron chi connectivity index (χ0n) is 9.44. The highest BCUT2D eigenvalue weighted by Gasteiger charge is 2.27. The second kappa shape index (κ2) is 4.23. The van der Waals surface area contributed by atoms with Crippen molar-refractivity contribution in [1.29, 1.82) is 0 Å². The third-order valence-corrected chi connectivity index (χ3v) is 3.23. The minimum atomic E-state index is 0.289. The predicted molar refractivity (Wildman–Crippen MR) is 59.7 cm³/mol. The highest BCUT2D eigenvalue weighted by atomic mass is 16.5. The lowest BCUT2D eigenvalue weighted by atomic mass is 9.92. The van der Waals surface area contributed by atoms with Gasteiger partial charge in [-0.25, -0.2) is 0 Å². The predicted octanol–water partition coefficient (Wildman–Crippen LogP) is 1.90. The average Bonchev–Trinajstić information content (AvgIpc) is 2.57. The first-order chi connectivity index (χ1) is 7.22. The van der Waals surface area contributed by atoms with Gasteiger partial charge in [-0.1, -0.05) is 12.8 Å². The molecule has 1 aromatic rings. The summed E-state index contributed by atoms with van der Waals surface area (Å²) in [7, 11) is 1.78. The molecule has 0 saturated heterocycles. The number of hydrogen-bond acceptors (Lipinski definition) is 3. The van der Waals surface area contributed by atoms with Crippen LogP contribution in [0.1, 0.15) is 37.4 Å². The SMILES string of the molecule is COC1CCCCC1n1nc(N)cc1C. The van der Waals surface area contributed by atoms with Crippen LogP contribution in [0.2, 0.25) is 0 Å². The molecule has 0 spiro atoms. The lowest BCUT2D eigenvalue weighted by Crippen LogP contribution is -2.30. The van der Waals surface area contributed by atoms with Gasteiger partial charge in [0.1, 0.15) is 5.82 Å². The fourth-order valence-corrected chi connectivity index (χ4v) is 2.48. The molecule has 1 fully saturated rings. The van der Waals surface area contributed by atoms with Crippen molar-refractivity contribution in [3.63, 3.8) is 0 Å². The topological polar surface area (TPSA) is 53.1 Å². The van der Waals surface area contributed by atoms with Crippen molar-refractivity contribution in [3.05, 3.63) is 11.8 Å². The van der Waals surface area contributed by atoms with Crippen LogP contribution in [-0.2, 0) is 4.74 Å². The van der Waals surface area contributed by atoms with Gasteiger partial charge in [0.25, 0.3) is 0 Å². The summed E-state index contributed by atoms with van der Waals surface area (Å²) in [6, 6.07) is 2.28. The van der Waals surface area contributed by atoms with Gasteiger partial charge in [0.2, 0.25) is 0 Å². The van der Waals surface area contributed by atoms with E-state index in [1.54, 1.807) is 7.11 Å². The summed E-state index contributed by atoms with van der Waals surface area (Å²) in [6.07, 6.45) is 5.06. The van der Waals surface area contributed by atoms with Crippen molar-refractivity contribution in [3.8, 4) is 0 Å². The van der Waals surface area contributed by atoms with E-state index in [0.29, 0.717) is 11.9 Å². The van der Waals surface area contributed by atoms with Gasteiger partial charge in [0.15, 0.2) is 0 Å². The van der Waals surface area contributed by atoms with Crippen molar-refractivity contribution in [2.75, 3.05) is 12.8 Å².